The van der Waals surface area contributed by atoms with Gasteiger partial charge < -0.3 is 14.2 Å². The van der Waals surface area contributed by atoms with Gasteiger partial charge in [0.2, 0.25) is 5.91 Å². The van der Waals surface area contributed by atoms with Gasteiger partial charge in [-0.05, 0) is 43.0 Å². The van der Waals surface area contributed by atoms with Crippen LogP contribution in [0, 0.1) is 5.82 Å². The average molecular weight is 483 g/mol. The van der Waals surface area contributed by atoms with Crippen molar-refractivity contribution >= 4 is 23.4 Å². The molecule has 0 aliphatic carbocycles. The summed E-state index contributed by atoms with van der Waals surface area (Å²) in [6, 6.07) is 14.4. The van der Waals surface area contributed by atoms with Gasteiger partial charge in [0.1, 0.15) is 6.61 Å². The molecule has 4 rings (SSSR count). The zero-order chi connectivity index (χ0) is 23.8. The van der Waals surface area contributed by atoms with Crippen LogP contribution in [-0.4, -0.2) is 33.0 Å². The molecule has 34 heavy (non-hydrogen) atoms. The minimum Gasteiger partial charge on any atom is -0.483 e. The number of para-hydroxylation sites is 2. The summed E-state index contributed by atoms with van der Waals surface area (Å²) < 4.78 is 21.7. The fraction of sp³-hybridized carbons (Fsp3) is 0.423. The van der Waals surface area contributed by atoms with Crippen molar-refractivity contribution < 1.29 is 13.9 Å². The van der Waals surface area contributed by atoms with Gasteiger partial charge in [-0.2, -0.15) is 0 Å². The normalized spacial score (nSPS) is 13.1. The Kier molecular flexibility index (Phi) is 8.57. The van der Waals surface area contributed by atoms with Crippen molar-refractivity contribution in [1.82, 2.24) is 14.8 Å². The second-order valence-electron chi connectivity index (χ2n) is 8.40. The largest absolute Gasteiger partial charge is 0.483 e. The van der Waals surface area contributed by atoms with E-state index in [9.17, 15) is 9.18 Å². The highest BCUT2D eigenvalue weighted by Crippen LogP contribution is 2.28. The number of rotatable bonds is 11. The molecular formula is C26H31FN4O2S. The standard InChI is InChI=1S/C26H31FN4O2S/c1-2-3-4-9-16-31-24(18-33-23-15-8-6-13-21(23)27)28-29-26(31)34-19-25(32)30-17-10-12-20-11-5-7-14-22(20)30/h5-8,11,13-15H,2-4,9-10,12,16-19H2,1H3. The zero-order valence-electron chi connectivity index (χ0n) is 19.6. The first-order valence-corrected chi connectivity index (χ1v) is 13.0. The first kappa shape index (κ1) is 24.3. The number of unbranched alkanes of at least 4 members (excludes halogenated alkanes) is 3. The second kappa shape index (κ2) is 12.0. The van der Waals surface area contributed by atoms with Gasteiger partial charge in [-0.3, -0.25) is 4.79 Å². The van der Waals surface area contributed by atoms with Crippen molar-refractivity contribution in [1.29, 1.82) is 0 Å². The average Bonchev–Trinajstić information content (AvgIpc) is 3.25. The lowest BCUT2D eigenvalue weighted by molar-refractivity contribution is -0.116. The summed E-state index contributed by atoms with van der Waals surface area (Å²) in [5.41, 5.74) is 2.23. The topological polar surface area (TPSA) is 60.2 Å². The van der Waals surface area contributed by atoms with E-state index in [1.807, 2.05) is 27.7 Å². The van der Waals surface area contributed by atoms with Crippen LogP contribution in [0.15, 0.2) is 53.7 Å². The van der Waals surface area contributed by atoms with Gasteiger partial charge in [-0.15, -0.1) is 10.2 Å². The predicted molar refractivity (Wildman–Crippen MR) is 133 cm³/mol. The molecule has 0 bridgehead atoms. The Morgan fingerprint density at radius 2 is 1.91 bits per heavy atom. The molecule has 0 saturated heterocycles. The van der Waals surface area contributed by atoms with E-state index >= 15 is 0 Å². The maximum absolute atomic E-state index is 14.0. The Labute approximate surface area is 204 Å². The number of halogens is 1. The number of carbonyl (C=O) groups is 1. The Hall–Kier alpha value is -2.87. The smallest absolute Gasteiger partial charge is 0.237 e. The summed E-state index contributed by atoms with van der Waals surface area (Å²) in [6.45, 7) is 3.78. The first-order chi connectivity index (χ1) is 16.7. The molecule has 0 saturated carbocycles. The van der Waals surface area contributed by atoms with Crippen LogP contribution in [0.25, 0.3) is 0 Å². The van der Waals surface area contributed by atoms with E-state index in [1.165, 1.54) is 29.8 Å². The van der Waals surface area contributed by atoms with E-state index in [-0.39, 0.29) is 24.0 Å². The molecule has 0 fully saturated rings. The van der Waals surface area contributed by atoms with E-state index in [2.05, 4.69) is 23.2 Å². The lowest BCUT2D eigenvalue weighted by Crippen LogP contribution is -2.36. The van der Waals surface area contributed by atoms with Gasteiger partial charge in [0.05, 0.1) is 5.75 Å². The van der Waals surface area contributed by atoms with E-state index in [0.29, 0.717) is 11.0 Å². The molecule has 1 aromatic heterocycles. The molecule has 0 unspecified atom stereocenters. The zero-order valence-corrected chi connectivity index (χ0v) is 20.4. The summed E-state index contributed by atoms with van der Waals surface area (Å²) in [6.07, 6.45) is 6.38. The van der Waals surface area contributed by atoms with E-state index < -0.39 is 5.82 Å². The molecular weight excluding hydrogens is 451 g/mol. The van der Waals surface area contributed by atoms with Crippen LogP contribution < -0.4 is 9.64 Å². The number of hydrogen-bond donors (Lipinski definition) is 0. The summed E-state index contributed by atoms with van der Waals surface area (Å²) >= 11 is 1.40. The fourth-order valence-corrected chi connectivity index (χ4v) is 5.01. The summed E-state index contributed by atoms with van der Waals surface area (Å²) in [5.74, 6) is 0.782. The second-order valence-corrected chi connectivity index (χ2v) is 9.34. The van der Waals surface area contributed by atoms with Crippen LogP contribution in [0.2, 0.25) is 0 Å². The molecule has 2 heterocycles. The molecule has 8 heteroatoms. The summed E-state index contributed by atoms with van der Waals surface area (Å²) in [7, 11) is 0. The van der Waals surface area contributed by atoms with Gasteiger partial charge in [-0.1, -0.05) is 68.3 Å². The van der Waals surface area contributed by atoms with Crippen molar-refractivity contribution in [2.45, 2.75) is 63.8 Å². The molecule has 0 N–H and O–H groups in total. The Morgan fingerprint density at radius 1 is 1.09 bits per heavy atom. The fourth-order valence-electron chi connectivity index (χ4n) is 4.15. The number of amides is 1. The maximum Gasteiger partial charge on any atom is 0.237 e. The van der Waals surface area contributed by atoms with Crippen LogP contribution >= 0.6 is 11.8 Å². The molecule has 0 spiro atoms. The summed E-state index contributed by atoms with van der Waals surface area (Å²) in [4.78, 5) is 15.0. The van der Waals surface area contributed by atoms with Crippen molar-refractivity contribution in [2.75, 3.05) is 17.2 Å². The molecule has 6 nitrogen and oxygen atoms in total. The van der Waals surface area contributed by atoms with E-state index in [0.717, 1.165) is 50.9 Å². The third-order valence-electron chi connectivity index (χ3n) is 5.96. The number of aromatic nitrogens is 3. The monoisotopic (exact) mass is 482 g/mol. The highest BCUT2D eigenvalue weighted by Gasteiger charge is 2.23. The number of fused-ring (bicyclic) bond motifs is 1. The SMILES string of the molecule is CCCCCCn1c(COc2ccccc2F)nnc1SCC(=O)N1CCCc2ccccc21. The Morgan fingerprint density at radius 3 is 2.76 bits per heavy atom. The predicted octanol–water partition coefficient (Wildman–Crippen LogP) is 5.65. The molecule has 1 aliphatic heterocycles. The lowest BCUT2D eigenvalue weighted by atomic mass is 10.0. The van der Waals surface area contributed by atoms with Crippen molar-refractivity contribution in [3.05, 3.63) is 65.7 Å². The van der Waals surface area contributed by atoms with Crippen molar-refractivity contribution in [2.24, 2.45) is 0 Å². The van der Waals surface area contributed by atoms with Gasteiger partial charge in [0, 0.05) is 18.8 Å². The van der Waals surface area contributed by atoms with Gasteiger partial charge in [0.25, 0.3) is 0 Å². The number of benzene rings is 2. The summed E-state index contributed by atoms with van der Waals surface area (Å²) in [5, 5.41) is 9.35. The van der Waals surface area contributed by atoms with Crippen LogP contribution in [0.3, 0.4) is 0 Å². The van der Waals surface area contributed by atoms with Gasteiger partial charge in [0.15, 0.2) is 22.5 Å². The molecule has 0 atom stereocenters. The van der Waals surface area contributed by atoms with Gasteiger partial charge in [-0.25, -0.2) is 4.39 Å². The molecule has 0 radical (unpaired) electrons. The van der Waals surface area contributed by atoms with Crippen LogP contribution in [0.1, 0.15) is 50.4 Å². The maximum atomic E-state index is 14.0. The van der Waals surface area contributed by atoms with Crippen LogP contribution in [-0.2, 0) is 24.4 Å². The minimum atomic E-state index is -0.404. The molecule has 180 valence electrons. The van der Waals surface area contributed by atoms with E-state index in [1.54, 1.807) is 18.2 Å². The van der Waals surface area contributed by atoms with Crippen LogP contribution in [0.5, 0.6) is 5.75 Å². The number of nitrogens with zero attached hydrogens (tertiary/aromatic N) is 4. The number of carbonyl (C=O) groups excluding carboxylic acids is 1. The molecule has 1 amide bonds. The van der Waals surface area contributed by atoms with Crippen molar-refractivity contribution in [3.8, 4) is 5.75 Å². The first-order valence-electron chi connectivity index (χ1n) is 12.0. The quantitative estimate of drug-likeness (QED) is 0.261. The number of anilines is 1. The Balaban J connectivity index is 1.44. The number of hydrogen-bond acceptors (Lipinski definition) is 5. The highest BCUT2D eigenvalue weighted by molar-refractivity contribution is 7.99. The Bertz CT molecular complexity index is 1100. The minimum absolute atomic E-state index is 0.0711. The lowest BCUT2D eigenvalue weighted by Gasteiger charge is -2.29. The number of thioether (sulfide) groups is 1. The molecule has 1 aliphatic rings. The highest BCUT2D eigenvalue weighted by atomic mass is 32.2. The number of aryl methyl sites for hydroxylation is 1. The van der Waals surface area contributed by atoms with Gasteiger partial charge >= 0.3 is 0 Å². The molecule has 2 aromatic carbocycles. The molecule has 3 aromatic rings. The van der Waals surface area contributed by atoms with Crippen LogP contribution in [0.4, 0.5) is 10.1 Å². The third kappa shape index (κ3) is 5.97. The number of ether oxygens (including phenoxy) is 1. The third-order valence-corrected chi connectivity index (χ3v) is 6.91. The van der Waals surface area contributed by atoms with Crippen molar-refractivity contribution in [3.63, 3.8) is 0 Å². The van der Waals surface area contributed by atoms with E-state index in [4.69, 9.17) is 4.74 Å².